The van der Waals surface area contributed by atoms with Crippen LogP contribution in [0, 0.1) is 6.92 Å². The maximum Gasteiger partial charge on any atom is 0.416 e. The number of amides is 1. The van der Waals surface area contributed by atoms with Gasteiger partial charge in [-0.1, -0.05) is 6.07 Å². The number of nitrogens with zero attached hydrogens (tertiary/aromatic N) is 4. The van der Waals surface area contributed by atoms with Gasteiger partial charge < -0.3 is 20.5 Å². The molecule has 2 aromatic carbocycles. The van der Waals surface area contributed by atoms with Crippen molar-refractivity contribution in [2.24, 2.45) is 0 Å². The van der Waals surface area contributed by atoms with Crippen molar-refractivity contribution in [2.45, 2.75) is 38.5 Å². The van der Waals surface area contributed by atoms with Crippen LogP contribution in [0.25, 0.3) is 15.9 Å². The number of hydrogen-bond donors (Lipinski definition) is 3. The number of benzene rings is 2. The van der Waals surface area contributed by atoms with Crippen LogP contribution in [0.5, 0.6) is 0 Å². The molecule has 0 aliphatic heterocycles. The van der Waals surface area contributed by atoms with Crippen LogP contribution in [0.3, 0.4) is 0 Å². The zero-order valence-corrected chi connectivity index (χ0v) is 22.1. The van der Waals surface area contributed by atoms with Crippen LogP contribution in [0.15, 0.2) is 66.7 Å². The number of fused-ring (bicyclic) bond motifs is 1. The summed E-state index contributed by atoms with van der Waals surface area (Å²) in [5.41, 5.74) is 3.00. The van der Waals surface area contributed by atoms with E-state index in [-0.39, 0.29) is 12.5 Å². The van der Waals surface area contributed by atoms with Gasteiger partial charge in [0, 0.05) is 41.2 Å². The van der Waals surface area contributed by atoms with Crippen molar-refractivity contribution in [3.63, 3.8) is 0 Å². The normalized spacial score (nSPS) is 13.4. The van der Waals surface area contributed by atoms with Crippen molar-refractivity contribution >= 4 is 44.7 Å². The molecule has 40 heavy (non-hydrogen) atoms. The molecule has 3 heterocycles. The van der Waals surface area contributed by atoms with E-state index in [9.17, 15) is 18.0 Å². The highest BCUT2D eigenvalue weighted by Crippen LogP contribution is 2.34. The number of alkyl halides is 3. The van der Waals surface area contributed by atoms with Crippen molar-refractivity contribution < 1.29 is 18.0 Å². The Hall–Kier alpha value is -4.45. The number of carbonyl (C=O) groups is 1. The predicted molar refractivity (Wildman–Crippen MR) is 149 cm³/mol. The number of aromatic nitrogens is 4. The fourth-order valence-corrected chi connectivity index (χ4v) is 5.25. The third kappa shape index (κ3) is 5.62. The summed E-state index contributed by atoms with van der Waals surface area (Å²) in [7, 11) is 0. The van der Waals surface area contributed by atoms with E-state index < -0.39 is 11.7 Å². The molecule has 1 fully saturated rings. The number of aryl methyl sites for hydroxylation is 1. The van der Waals surface area contributed by atoms with E-state index in [0.29, 0.717) is 45.4 Å². The topological polar surface area (TPSA) is 96.8 Å². The molecule has 6 rings (SSSR count). The van der Waals surface area contributed by atoms with Crippen LogP contribution in [0.2, 0.25) is 0 Å². The fourth-order valence-electron chi connectivity index (χ4n) is 4.30. The minimum Gasteiger partial charge on any atom is -0.381 e. The third-order valence-corrected chi connectivity index (χ3v) is 7.42. The van der Waals surface area contributed by atoms with Gasteiger partial charge in [-0.25, -0.2) is 15.0 Å². The maximum atomic E-state index is 13.6. The molecule has 204 valence electrons. The second kappa shape index (κ2) is 10.3. The Balaban J connectivity index is 1.18. The van der Waals surface area contributed by atoms with Crippen molar-refractivity contribution in [3.8, 4) is 5.69 Å². The molecule has 3 N–H and O–H groups in total. The first-order valence-corrected chi connectivity index (χ1v) is 13.5. The summed E-state index contributed by atoms with van der Waals surface area (Å²) in [5, 5.41) is 11.2. The summed E-state index contributed by atoms with van der Waals surface area (Å²) in [5.74, 6) is 0.432. The highest BCUT2D eigenvalue weighted by molar-refractivity contribution is 7.18. The number of halogens is 3. The number of carbonyl (C=O) groups excluding carboxylic acids is 1. The Kier molecular flexibility index (Phi) is 6.62. The van der Waals surface area contributed by atoms with Gasteiger partial charge in [0.1, 0.15) is 12.1 Å². The van der Waals surface area contributed by atoms with Gasteiger partial charge in [-0.3, -0.25) is 4.79 Å². The average Bonchev–Trinajstić information content (AvgIpc) is 3.45. The highest BCUT2D eigenvalue weighted by Gasteiger charge is 2.31. The highest BCUT2D eigenvalue weighted by atomic mass is 32.1. The third-order valence-electron chi connectivity index (χ3n) is 6.45. The summed E-state index contributed by atoms with van der Waals surface area (Å²) >= 11 is 1.42. The van der Waals surface area contributed by atoms with Gasteiger partial charge >= 0.3 is 6.18 Å². The lowest BCUT2D eigenvalue weighted by molar-refractivity contribution is -0.137. The van der Waals surface area contributed by atoms with Gasteiger partial charge in [0.25, 0.3) is 5.91 Å². The van der Waals surface area contributed by atoms with E-state index in [1.807, 2.05) is 0 Å². The first-order chi connectivity index (χ1) is 19.2. The summed E-state index contributed by atoms with van der Waals surface area (Å²) in [4.78, 5) is 25.9. The Morgan fingerprint density at radius 3 is 2.67 bits per heavy atom. The number of hydrogen-bond acceptors (Lipinski definition) is 7. The van der Waals surface area contributed by atoms with Gasteiger partial charge in [-0.2, -0.15) is 13.2 Å². The van der Waals surface area contributed by atoms with E-state index in [0.717, 1.165) is 35.5 Å². The lowest BCUT2D eigenvalue weighted by Gasteiger charge is -2.14. The molecule has 0 unspecified atom stereocenters. The molecule has 0 bridgehead atoms. The van der Waals surface area contributed by atoms with Crippen LogP contribution in [0.4, 0.5) is 30.4 Å². The zero-order chi connectivity index (χ0) is 27.9. The first kappa shape index (κ1) is 25.8. The molecular formula is C28H24F3N7OS. The standard InChI is InChI=1S/C28H24F3N7OS/c1-16-12-38(15-35-16)22-8-17(7-18(9-22)28(29,30)31)11-32-20-3-2-4-21(10-20)37-27(39)23-13-40-25-24(23)33-14-34-26(25)36-19-5-6-19/h2-4,7-10,12-15,19,32H,5-6,11H2,1H3,(H,37,39)(H,33,34,36). The molecule has 0 radical (unpaired) electrons. The van der Waals surface area contributed by atoms with Gasteiger partial charge in [0.15, 0.2) is 0 Å². The summed E-state index contributed by atoms with van der Waals surface area (Å²) in [6.07, 6.45) is 2.33. The number of rotatable bonds is 8. The predicted octanol–water partition coefficient (Wildman–Crippen LogP) is 6.64. The van der Waals surface area contributed by atoms with Crippen molar-refractivity contribution in [1.29, 1.82) is 0 Å². The van der Waals surface area contributed by atoms with Crippen LogP contribution in [0.1, 0.15) is 40.0 Å². The molecule has 3 aromatic heterocycles. The number of anilines is 3. The molecule has 5 aromatic rings. The number of nitrogens with one attached hydrogen (secondary N) is 3. The molecule has 8 nitrogen and oxygen atoms in total. The first-order valence-electron chi connectivity index (χ1n) is 12.6. The SMILES string of the molecule is Cc1cn(-c2cc(CNc3cccc(NC(=O)c4csc5c(NC6CC6)ncnc45)c3)cc(C(F)(F)F)c2)cn1. The van der Waals surface area contributed by atoms with Crippen LogP contribution < -0.4 is 16.0 Å². The van der Waals surface area contributed by atoms with Crippen molar-refractivity contribution in [2.75, 3.05) is 16.0 Å². The maximum absolute atomic E-state index is 13.6. The van der Waals surface area contributed by atoms with Gasteiger partial charge in [-0.05, 0) is 61.7 Å². The zero-order valence-electron chi connectivity index (χ0n) is 21.3. The Labute approximate surface area is 231 Å². The van der Waals surface area contributed by atoms with E-state index in [2.05, 4.69) is 30.9 Å². The minimum absolute atomic E-state index is 0.144. The average molecular weight is 564 g/mol. The van der Waals surface area contributed by atoms with Crippen LogP contribution >= 0.6 is 11.3 Å². The van der Waals surface area contributed by atoms with Crippen molar-refractivity contribution in [1.82, 2.24) is 19.5 Å². The molecule has 1 saturated carbocycles. The molecule has 12 heteroatoms. The van der Waals surface area contributed by atoms with Crippen LogP contribution in [-0.2, 0) is 12.7 Å². The van der Waals surface area contributed by atoms with Gasteiger partial charge in [0.05, 0.1) is 33.4 Å². The summed E-state index contributed by atoms with van der Waals surface area (Å²) < 4.78 is 43.2. The number of thiophene rings is 1. The van der Waals surface area contributed by atoms with E-state index in [4.69, 9.17) is 0 Å². The summed E-state index contributed by atoms with van der Waals surface area (Å²) in [6.45, 7) is 1.92. The van der Waals surface area contributed by atoms with Gasteiger partial charge in [-0.15, -0.1) is 11.3 Å². The molecule has 1 aliphatic rings. The lowest BCUT2D eigenvalue weighted by Crippen LogP contribution is -2.12. The molecule has 0 spiro atoms. The number of imidazole rings is 1. The van der Waals surface area contributed by atoms with Crippen molar-refractivity contribution in [3.05, 3.63) is 89.1 Å². The minimum atomic E-state index is -4.49. The largest absolute Gasteiger partial charge is 0.416 e. The smallest absolute Gasteiger partial charge is 0.381 e. The molecule has 0 saturated heterocycles. The molecule has 1 aliphatic carbocycles. The van der Waals surface area contributed by atoms with Crippen LogP contribution in [-0.4, -0.2) is 31.5 Å². The van der Waals surface area contributed by atoms with E-state index in [1.54, 1.807) is 53.4 Å². The van der Waals surface area contributed by atoms with Gasteiger partial charge in [0.2, 0.25) is 0 Å². The monoisotopic (exact) mass is 563 g/mol. The molecular weight excluding hydrogens is 539 g/mol. The van der Waals surface area contributed by atoms with E-state index in [1.165, 1.54) is 24.0 Å². The second-order valence-corrected chi connectivity index (χ2v) is 10.5. The quantitative estimate of drug-likeness (QED) is 0.196. The van der Waals surface area contributed by atoms with E-state index >= 15 is 0 Å². The lowest BCUT2D eigenvalue weighted by atomic mass is 10.1. The summed E-state index contributed by atoms with van der Waals surface area (Å²) in [6, 6.07) is 11.4. The Morgan fingerprint density at radius 2 is 1.93 bits per heavy atom. The fraction of sp³-hybridized carbons (Fsp3) is 0.214. The Morgan fingerprint density at radius 1 is 1.10 bits per heavy atom. The second-order valence-electron chi connectivity index (χ2n) is 9.66. The Bertz CT molecular complexity index is 1710. The molecule has 0 atom stereocenters. The molecule has 1 amide bonds.